The summed E-state index contributed by atoms with van der Waals surface area (Å²) >= 11 is 16.1. The van der Waals surface area contributed by atoms with Crippen molar-refractivity contribution in [1.82, 2.24) is 0 Å². The maximum absolute atomic E-state index is 12.5. The summed E-state index contributed by atoms with van der Waals surface area (Å²) in [5.41, 5.74) is 0. The number of hydrogen-bond donors (Lipinski definition) is 0. The van der Waals surface area contributed by atoms with Crippen molar-refractivity contribution in [3.63, 3.8) is 0 Å². The molecule has 0 aromatic rings. The lowest BCUT2D eigenvalue weighted by molar-refractivity contribution is -0.143. The molecule has 3 rings (SSSR count). The molecular formula is C16H23BrCl2O2. The fourth-order valence-corrected chi connectivity index (χ4v) is 4.91. The van der Waals surface area contributed by atoms with Crippen LogP contribution in [0.4, 0.5) is 0 Å². The maximum atomic E-state index is 12.5. The zero-order valence-corrected chi connectivity index (χ0v) is 15.5. The number of rotatable bonds is 7. The Labute approximate surface area is 146 Å². The molecule has 21 heavy (non-hydrogen) atoms. The largest absolute Gasteiger partial charge is 0.360 e. The van der Waals surface area contributed by atoms with Gasteiger partial charge in [0.2, 0.25) is 5.78 Å². The van der Waals surface area contributed by atoms with Crippen LogP contribution < -0.4 is 0 Å². The smallest absolute Gasteiger partial charge is 0.204 e. The van der Waals surface area contributed by atoms with Gasteiger partial charge in [-0.25, -0.2) is 0 Å². The van der Waals surface area contributed by atoms with E-state index in [1.165, 1.54) is 0 Å². The molecule has 0 spiro atoms. The fourth-order valence-electron chi connectivity index (χ4n) is 3.45. The molecule has 2 bridgehead atoms. The van der Waals surface area contributed by atoms with Crippen molar-refractivity contribution in [3.8, 4) is 0 Å². The molecule has 2 saturated heterocycles. The van der Waals surface area contributed by atoms with Crippen LogP contribution >= 0.6 is 39.1 Å². The van der Waals surface area contributed by atoms with Crippen LogP contribution in [0, 0.1) is 24.9 Å². The highest BCUT2D eigenvalue weighted by molar-refractivity contribution is 9.09. The second-order valence-corrected chi connectivity index (χ2v) is 8.80. The molecule has 3 aliphatic rings. The van der Waals surface area contributed by atoms with E-state index >= 15 is 0 Å². The van der Waals surface area contributed by atoms with E-state index in [9.17, 15) is 4.79 Å². The molecule has 2 nitrogen and oxygen atoms in total. The Morgan fingerprint density at radius 3 is 2.76 bits per heavy atom. The van der Waals surface area contributed by atoms with Gasteiger partial charge in [0, 0.05) is 4.83 Å². The molecule has 3 fully saturated rings. The summed E-state index contributed by atoms with van der Waals surface area (Å²) in [6.07, 6.45) is 6.82. The van der Waals surface area contributed by atoms with Crippen LogP contribution in [0.3, 0.4) is 0 Å². The van der Waals surface area contributed by atoms with E-state index in [-0.39, 0.29) is 17.8 Å². The van der Waals surface area contributed by atoms with Crippen molar-refractivity contribution in [2.45, 2.75) is 67.1 Å². The Balaban J connectivity index is 2.03. The summed E-state index contributed by atoms with van der Waals surface area (Å²) in [7, 11) is 0. The van der Waals surface area contributed by atoms with Gasteiger partial charge in [-0.2, -0.15) is 0 Å². The van der Waals surface area contributed by atoms with Crippen molar-refractivity contribution >= 4 is 44.9 Å². The zero-order chi connectivity index (χ0) is 15.6. The SMILES string of the molecule is [CH2]CCC(Cl)(Cl)C(=O)[C]1OC2CCC1CC2C(Br)CCC. The lowest BCUT2D eigenvalue weighted by Gasteiger charge is -2.48. The van der Waals surface area contributed by atoms with Crippen molar-refractivity contribution in [2.75, 3.05) is 0 Å². The summed E-state index contributed by atoms with van der Waals surface area (Å²) in [6.45, 7) is 5.91. The summed E-state index contributed by atoms with van der Waals surface area (Å²) in [6, 6.07) is 0. The van der Waals surface area contributed by atoms with Crippen molar-refractivity contribution in [1.29, 1.82) is 0 Å². The molecule has 2 radical (unpaired) electrons. The van der Waals surface area contributed by atoms with Gasteiger partial charge in [0.05, 0.1) is 6.10 Å². The lowest BCUT2D eigenvalue weighted by atomic mass is 9.71. The predicted octanol–water partition coefficient (Wildman–Crippen LogP) is 5.25. The molecule has 0 aromatic carbocycles. The van der Waals surface area contributed by atoms with Crippen LogP contribution in [0.15, 0.2) is 0 Å². The average Bonchev–Trinajstić information content (AvgIpc) is 2.47. The van der Waals surface area contributed by atoms with Crippen LogP contribution in [0.25, 0.3) is 0 Å². The van der Waals surface area contributed by atoms with Gasteiger partial charge in [-0.15, -0.1) is 0 Å². The molecule has 4 unspecified atom stereocenters. The Morgan fingerprint density at radius 2 is 2.24 bits per heavy atom. The monoisotopic (exact) mass is 396 g/mol. The van der Waals surface area contributed by atoms with Gasteiger partial charge in [0.25, 0.3) is 0 Å². The van der Waals surface area contributed by atoms with Crippen LogP contribution in [0.5, 0.6) is 0 Å². The number of halogens is 3. The van der Waals surface area contributed by atoms with E-state index in [0.717, 1.165) is 32.1 Å². The van der Waals surface area contributed by atoms with Gasteiger partial charge >= 0.3 is 0 Å². The van der Waals surface area contributed by atoms with E-state index in [2.05, 4.69) is 29.8 Å². The molecule has 4 atom stereocenters. The third-order valence-electron chi connectivity index (χ3n) is 4.56. The third kappa shape index (κ3) is 3.97. The first-order chi connectivity index (χ1) is 9.90. The highest BCUT2D eigenvalue weighted by Crippen LogP contribution is 2.50. The predicted molar refractivity (Wildman–Crippen MR) is 90.6 cm³/mol. The second-order valence-electron chi connectivity index (χ2n) is 6.14. The fraction of sp³-hybridized carbons (Fsp3) is 0.812. The number of hydrogen-bond acceptors (Lipinski definition) is 2. The quantitative estimate of drug-likeness (QED) is 0.548. The summed E-state index contributed by atoms with van der Waals surface area (Å²) in [4.78, 5) is 13.0. The minimum absolute atomic E-state index is 0.119. The number of carbonyl (C=O) groups excluding carboxylic acids is 1. The van der Waals surface area contributed by atoms with E-state index in [1.54, 1.807) is 0 Å². The molecule has 120 valence electrons. The number of carbonyl (C=O) groups is 1. The molecule has 0 aromatic heterocycles. The van der Waals surface area contributed by atoms with Crippen molar-refractivity contribution in [2.24, 2.45) is 11.8 Å². The first-order valence-electron chi connectivity index (χ1n) is 7.80. The Morgan fingerprint density at radius 1 is 1.52 bits per heavy atom. The number of ketones is 1. The first kappa shape index (κ1) is 18.0. The third-order valence-corrected chi connectivity index (χ3v) is 6.42. The van der Waals surface area contributed by atoms with Crippen LogP contribution in [0.1, 0.15) is 51.9 Å². The van der Waals surface area contributed by atoms with Crippen molar-refractivity contribution < 1.29 is 9.53 Å². The number of Topliss-reactive ketones (excluding diaryl/α,β-unsaturated/α-hetero) is 1. The summed E-state index contributed by atoms with van der Waals surface area (Å²) in [5, 5.41) is 0. The van der Waals surface area contributed by atoms with E-state index in [4.69, 9.17) is 27.9 Å². The number of ether oxygens (including phenoxy) is 1. The standard InChI is InChI=1S/C16H23BrCl2O2/c1-3-5-12(17)11-9-10-6-7-13(11)21-14(10)15(20)16(18,19)8-4-2/h10-13H,2-9H2,1H3. The van der Waals surface area contributed by atoms with E-state index in [0.29, 0.717) is 29.7 Å². The molecule has 2 heterocycles. The van der Waals surface area contributed by atoms with Gasteiger partial charge in [0.15, 0.2) is 10.4 Å². The second kappa shape index (κ2) is 7.51. The highest BCUT2D eigenvalue weighted by atomic mass is 79.9. The number of fused-ring (bicyclic) bond motifs is 3. The Bertz CT molecular complexity index is 375. The van der Waals surface area contributed by atoms with Gasteiger partial charge in [-0.1, -0.05) is 59.4 Å². The van der Waals surface area contributed by atoms with Crippen LogP contribution in [-0.4, -0.2) is 21.0 Å². The average molecular weight is 398 g/mol. The molecule has 1 aliphatic carbocycles. The molecule has 5 heteroatoms. The lowest BCUT2D eigenvalue weighted by Crippen LogP contribution is -2.50. The van der Waals surface area contributed by atoms with Crippen molar-refractivity contribution in [3.05, 3.63) is 13.0 Å². The number of alkyl halides is 3. The molecule has 0 N–H and O–H groups in total. The Kier molecular flexibility index (Phi) is 6.45. The maximum Gasteiger partial charge on any atom is 0.204 e. The van der Waals surface area contributed by atoms with E-state index < -0.39 is 4.33 Å². The molecule has 0 amide bonds. The molecule has 2 aliphatic heterocycles. The summed E-state index contributed by atoms with van der Waals surface area (Å²) in [5.74, 6) is 0.406. The first-order valence-corrected chi connectivity index (χ1v) is 9.47. The van der Waals surface area contributed by atoms with Gasteiger partial charge in [-0.05, 0) is 50.4 Å². The normalized spacial score (nSPS) is 31.4. The van der Waals surface area contributed by atoms with Gasteiger partial charge in [0.1, 0.15) is 0 Å². The van der Waals surface area contributed by atoms with Gasteiger partial charge < -0.3 is 4.74 Å². The minimum Gasteiger partial charge on any atom is -0.360 e. The van der Waals surface area contributed by atoms with E-state index in [1.807, 2.05) is 0 Å². The molecular weight excluding hydrogens is 375 g/mol. The van der Waals surface area contributed by atoms with Crippen LogP contribution in [-0.2, 0) is 9.53 Å². The minimum atomic E-state index is -1.39. The van der Waals surface area contributed by atoms with Crippen LogP contribution in [0.2, 0.25) is 0 Å². The zero-order valence-electron chi connectivity index (χ0n) is 12.4. The topological polar surface area (TPSA) is 26.3 Å². The summed E-state index contributed by atoms with van der Waals surface area (Å²) < 4.78 is 4.62. The molecule has 1 saturated carbocycles. The Hall–Kier alpha value is 0.690. The van der Waals surface area contributed by atoms with Gasteiger partial charge in [-0.3, -0.25) is 4.79 Å². The highest BCUT2D eigenvalue weighted by Gasteiger charge is 2.52.